The smallest absolute Gasteiger partial charge is 0.311 e. The van der Waals surface area contributed by atoms with Gasteiger partial charge in [-0.05, 0) is 62.2 Å². The maximum absolute atomic E-state index is 13.1. The molecule has 0 radical (unpaired) electrons. The van der Waals surface area contributed by atoms with E-state index in [0.717, 1.165) is 0 Å². The number of likely N-dealkylation sites (tertiary alicyclic amines) is 1. The van der Waals surface area contributed by atoms with E-state index < -0.39 is 29.7 Å². The minimum absolute atomic E-state index is 0.170. The lowest BCUT2D eigenvalue weighted by molar-refractivity contribution is -0.158. The lowest BCUT2D eigenvalue weighted by Crippen LogP contribution is -2.44. The quantitative estimate of drug-likeness (QED) is 0.655. The fourth-order valence-electron chi connectivity index (χ4n) is 3.28. The van der Waals surface area contributed by atoms with Gasteiger partial charge in [-0.15, -0.1) is 0 Å². The van der Waals surface area contributed by atoms with Gasteiger partial charge < -0.3 is 15.0 Å². The monoisotopic (exact) mass is 466 g/mol. The Bertz CT molecular complexity index is 984. The van der Waals surface area contributed by atoms with Gasteiger partial charge in [0, 0.05) is 23.7 Å². The first-order chi connectivity index (χ1) is 14.7. The summed E-state index contributed by atoms with van der Waals surface area (Å²) in [5.74, 6) is -2.37. The summed E-state index contributed by atoms with van der Waals surface area (Å²) in [5.41, 5.74) is 0.664. The van der Waals surface area contributed by atoms with Crippen LogP contribution in [0.2, 0.25) is 10.0 Å². The first-order valence-corrected chi connectivity index (χ1v) is 10.5. The highest BCUT2D eigenvalue weighted by Crippen LogP contribution is 2.26. The lowest BCUT2D eigenvalue weighted by Gasteiger charge is -2.32. The van der Waals surface area contributed by atoms with E-state index in [0.29, 0.717) is 40.7 Å². The summed E-state index contributed by atoms with van der Waals surface area (Å²) >= 11 is 11.9. The van der Waals surface area contributed by atoms with E-state index in [-0.39, 0.29) is 12.5 Å². The Morgan fingerprint density at radius 3 is 2.58 bits per heavy atom. The molecule has 3 rings (SSSR count). The maximum atomic E-state index is 13.1. The summed E-state index contributed by atoms with van der Waals surface area (Å²) < 4.78 is 18.4. The van der Waals surface area contributed by atoms with Gasteiger partial charge in [-0.1, -0.05) is 23.2 Å². The van der Waals surface area contributed by atoms with Crippen LogP contribution in [0.1, 0.15) is 30.1 Å². The number of esters is 1. The summed E-state index contributed by atoms with van der Waals surface area (Å²) in [7, 11) is 0. The van der Waals surface area contributed by atoms with E-state index in [1.165, 1.54) is 37.3 Å². The van der Waals surface area contributed by atoms with E-state index in [1.807, 2.05) is 0 Å². The molecule has 2 amide bonds. The van der Waals surface area contributed by atoms with Crippen LogP contribution in [-0.4, -0.2) is 41.9 Å². The number of nitrogens with one attached hydrogen (secondary N) is 1. The first-order valence-electron chi connectivity index (χ1n) is 9.76. The topological polar surface area (TPSA) is 75.7 Å². The predicted molar refractivity (Wildman–Crippen MR) is 116 cm³/mol. The van der Waals surface area contributed by atoms with Crippen molar-refractivity contribution in [1.29, 1.82) is 0 Å². The summed E-state index contributed by atoms with van der Waals surface area (Å²) in [6, 6.07) is 9.89. The number of carbonyl (C=O) groups is 3. The molecule has 0 aliphatic carbocycles. The minimum atomic E-state index is -1.06. The van der Waals surface area contributed by atoms with Crippen LogP contribution in [0, 0.1) is 11.7 Å². The van der Waals surface area contributed by atoms with E-state index in [9.17, 15) is 18.8 Å². The van der Waals surface area contributed by atoms with Crippen LogP contribution in [0.3, 0.4) is 0 Å². The van der Waals surface area contributed by atoms with Gasteiger partial charge in [-0.2, -0.15) is 0 Å². The summed E-state index contributed by atoms with van der Waals surface area (Å²) in [6.07, 6.45) is 0.0945. The SMILES string of the molecule is CC(OC(=O)C1CCCN(C(=O)c2ccc(F)cc2)C1)C(=O)Nc1cc(Cl)ccc1Cl. The molecule has 6 nitrogen and oxygen atoms in total. The summed E-state index contributed by atoms with van der Waals surface area (Å²) in [5, 5.41) is 3.29. The fourth-order valence-corrected chi connectivity index (χ4v) is 3.62. The van der Waals surface area contributed by atoms with Crippen molar-refractivity contribution in [3.63, 3.8) is 0 Å². The van der Waals surface area contributed by atoms with E-state index >= 15 is 0 Å². The van der Waals surface area contributed by atoms with Crippen LogP contribution < -0.4 is 5.32 Å². The van der Waals surface area contributed by atoms with Crippen molar-refractivity contribution in [2.24, 2.45) is 5.92 Å². The highest BCUT2D eigenvalue weighted by atomic mass is 35.5. The number of nitrogens with zero attached hydrogens (tertiary/aromatic N) is 1. The van der Waals surface area contributed by atoms with Gasteiger partial charge in [0.1, 0.15) is 5.82 Å². The van der Waals surface area contributed by atoms with E-state index in [4.69, 9.17) is 27.9 Å². The Morgan fingerprint density at radius 1 is 1.16 bits per heavy atom. The number of amides is 2. The van der Waals surface area contributed by atoms with Crippen molar-refractivity contribution in [2.75, 3.05) is 18.4 Å². The van der Waals surface area contributed by atoms with Gasteiger partial charge >= 0.3 is 5.97 Å². The minimum Gasteiger partial charge on any atom is -0.452 e. The Balaban J connectivity index is 1.57. The molecule has 0 spiro atoms. The van der Waals surface area contributed by atoms with Crippen LogP contribution in [0.25, 0.3) is 0 Å². The second-order valence-corrected chi connectivity index (χ2v) is 8.13. The first kappa shape index (κ1) is 23.0. The number of halogens is 3. The van der Waals surface area contributed by atoms with Crippen LogP contribution >= 0.6 is 23.2 Å². The second kappa shape index (κ2) is 10.1. The number of hydrogen-bond acceptors (Lipinski definition) is 4. The molecule has 2 aromatic rings. The van der Waals surface area contributed by atoms with Crippen molar-refractivity contribution in [2.45, 2.75) is 25.9 Å². The highest BCUT2D eigenvalue weighted by molar-refractivity contribution is 6.35. The van der Waals surface area contributed by atoms with E-state index in [1.54, 1.807) is 17.0 Å². The zero-order chi connectivity index (χ0) is 22.5. The lowest BCUT2D eigenvalue weighted by atomic mass is 9.97. The molecule has 2 atom stereocenters. The van der Waals surface area contributed by atoms with Crippen LogP contribution in [0.15, 0.2) is 42.5 Å². The largest absolute Gasteiger partial charge is 0.452 e. The van der Waals surface area contributed by atoms with Crippen LogP contribution in [0.5, 0.6) is 0 Å². The molecule has 0 bridgehead atoms. The van der Waals surface area contributed by atoms with Crippen molar-refractivity contribution in [3.05, 3.63) is 63.9 Å². The Morgan fingerprint density at radius 2 is 1.87 bits per heavy atom. The molecule has 9 heteroatoms. The number of piperidine rings is 1. The molecular weight excluding hydrogens is 446 g/mol. The molecule has 1 N–H and O–H groups in total. The third-order valence-electron chi connectivity index (χ3n) is 4.98. The van der Waals surface area contributed by atoms with Crippen molar-refractivity contribution in [1.82, 2.24) is 4.90 Å². The van der Waals surface area contributed by atoms with Crippen molar-refractivity contribution in [3.8, 4) is 0 Å². The Kier molecular flexibility index (Phi) is 7.51. The molecule has 0 saturated carbocycles. The predicted octanol–water partition coefficient (Wildman–Crippen LogP) is 4.56. The average molecular weight is 467 g/mol. The van der Waals surface area contributed by atoms with Gasteiger partial charge in [0.2, 0.25) is 0 Å². The van der Waals surface area contributed by atoms with Gasteiger partial charge in [0.25, 0.3) is 11.8 Å². The van der Waals surface area contributed by atoms with Gasteiger partial charge in [-0.25, -0.2) is 4.39 Å². The van der Waals surface area contributed by atoms with Crippen molar-refractivity contribution >= 4 is 46.7 Å². The highest BCUT2D eigenvalue weighted by Gasteiger charge is 2.32. The van der Waals surface area contributed by atoms with E-state index in [2.05, 4.69) is 5.32 Å². The van der Waals surface area contributed by atoms with Crippen molar-refractivity contribution < 1.29 is 23.5 Å². The summed E-state index contributed by atoms with van der Waals surface area (Å²) in [6.45, 7) is 2.11. The summed E-state index contributed by atoms with van der Waals surface area (Å²) in [4.78, 5) is 39.2. The molecule has 2 unspecified atom stereocenters. The number of rotatable bonds is 5. The van der Waals surface area contributed by atoms with Crippen LogP contribution in [0.4, 0.5) is 10.1 Å². The average Bonchev–Trinajstić information content (AvgIpc) is 2.76. The molecule has 0 aromatic heterocycles. The number of ether oxygens (including phenoxy) is 1. The number of anilines is 1. The Hall–Kier alpha value is -2.64. The third kappa shape index (κ3) is 5.95. The molecule has 1 fully saturated rings. The number of benzene rings is 2. The standard InChI is InChI=1S/C22H21Cl2FN2O4/c1-13(20(28)26-19-11-16(23)6-9-18(19)24)31-22(30)15-3-2-10-27(12-15)21(29)14-4-7-17(25)8-5-14/h4-9,11,13,15H,2-3,10,12H2,1H3,(H,26,28). The molecule has 31 heavy (non-hydrogen) atoms. The molecule has 2 aromatic carbocycles. The fraction of sp³-hybridized carbons (Fsp3) is 0.318. The third-order valence-corrected chi connectivity index (χ3v) is 5.55. The molecule has 164 valence electrons. The molecular formula is C22H21Cl2FN2O4. The molecule has 1 saturated heterocycles. The van der Waals surface area contributed by atoms with Gasteiger partial charge in [0.15, 0.2) is 6.10 Å². The molecule has 1 aliphatic heterocycles. The van der Waals surface area contributed by atoms with Crippen LogP contribution in [-0.2, 0) is 14.3 Å². The molecule has 1 aliphatic rings. The zero-order valence-corrected chi connectivity index (χ0v) is 18.3. The number of hydrogen-bond donors (Lipinski definition) is 1. The number of carbonyl (C=O) groups excluding carboxylic acids is 3. The van der Waals surface area contributed by atoms with Gasteiger partial charge in [0.05, 0.1) is 16.6 Å². The zero-order valence-electron chi connectivity index (χ0n) is 16.7. The van der Waals surface area contributed by atoms with Gasteiger partial charge in [-0.3, -0.25) is 14.4 Å². The normalized spacial score (nSPS) is 17.0. The molecule has 1 heterocycles. The Labute approximate surface area is 189 Å². The maximum Gasteiger partial charge on any atom is 0.311 e. The second-order valence-electron chi connectivity index (χ2n) is 7.29.